The first-order valence-corrected chi connectivity index (χ1v) is 33.9. The molecule has 0 rings (SSSR count). The number of rotatable bonds is 61. The van der Waals surface area contributed by atoms with Crippen LogP contribution in [0.25, 0.3) is 0 Å². The lowest BCUT2D eigenvalue weighted by Crippen LogP contribution is -2.30. The molecule has 0 aliphatic carbocycles. The zero-order chi connectivity index (χ0) is 57.8. The first-order valence-electron chi connectivity index (χ1n) is 33.9. The highest BCUT2D eigenvalue weighted by Gasteiger charge is 2.19. The topological polar surface area (TPSA) is 78.9 Å². The van der Waals surface area contributed by atoms with Crippen LogP contribution in [-0.4, -0.2) is 37.2 Å². The quantitative estimate of drug-likeness (QED) is 0.0261. The molecule has 6 nitrogen and oxygen atoms in total. The van der Waals surface area contributed by atoms with Crippen LogP contribution in [-0.2, 0) is 28.6 Å². The van der Waals surface area contributed by atoms with Gasteiger partial charge in [-0.3, -0.25) is 14.4 Å². The molecule has 0 aliphatic heterocycles. The fourth-order valence-corrected chi connectivity index (χ4v) is 9.52. The number of carbonyl (C=O) groups excluding carboxylic acids is 3. The largest absolute Gasteiger partial charge is 0.462 e. The monoisotopic (exact) mass is 1110 g/mol. The normalized spacial score (nSPS) is 12.8. The number of carbonyl (C=O) groups is 3. The van der Waals surface area contributed by atoms with Gasteiger partial charge in [-0.2, -0.15) is 0 Å². The standard InChI is InChI=1S/C74H126O6/c1-4-7-10-13-16-19-22-24-26-28-29-30-31-32-33-34-35-36-37-38-39-40-41-42-43-44-45-47-48-50-52-55-58-61-64-67-73(76)79-70-71(69-78-72(75)66-63-60-57-54-21-18-15-12-9-6-3)80-74(77)68-65-62-59-56-53-51-49-46-27-25-23-20-17-14-11-8-5-2/h7-8,10-11,16-17,19-20,24-27,29-30,32-33,49,51,71H,4-6,9,12-15,18,21-23,28,31,34-48,50,52-70H2,1-3H3/b10-7-,11-8-,19-16-,20-17-,26-24-,27-25-,30-29-,33-32-,51-49-. The highest BCUT2D eigenvalue weighted by molar-refractivity contribution is 5.71. The predicted molar refractivity (Wildman–Crippen MR) is 348 cm³/mol. The molecule has 0 aromatic heterocycles. The number of ether oxygens (including phenoxy) is 3. The Bertz CT molecular complexity index is 1610. The summed E-state index contributed by atoms with van der Waals surface area (Å²) in [6.45, 7) is 6.40. The maximum atomic E-state index is 12.9. The molecule has 458 valence electrons. The van der Waals surface area contributed by atoms with Crippen LogP contribution < -0.4 is 0 Å². The van der Waals surface area contributed by atoms with Crippen LogP contribution in [0, 0.1) is 0 Å². The molecular weight excluding hydrogens is 985 g/mol. The predicted octanol–water partition coefficient (Wildman–Crippen LogP) is 23.4. The molecule has 0 aromatic rings. The molecule has 0 saturated carbocycles. The average molecular weight is 1110 g/mol. The number of hydrogen-bond acceptors (Lipinski definition) is 6. The number of allylic oxidation sites excluding steroid dienone is 18. The molecule has 80 heavy (non-hydrogen) atoms. The maximum absolute atomic E-state index is 12.9. The van der Waals surface area contributed by atoms with Gasteiger partial charge in [-0.25, -0.2) is 0 Å². The third kappa shape index (κ3) is 64.9. The Morgan fingerprint density at radius 1 is 0.263 bits per heavy atom. The Labute approximate surface area is 495 Å². The summed E-state index contributed by atoms with van der Waals surface area (Å²) in [4.78, 5) is 38.2. The van der Waals surface area contributed by atoms with E-state index in [0.717, 1.165) is 128 Å². The van der Waals surface area contributed by atoms with Crippen molar-refractivity contribution in [2.24, 2.45) is 0 Å². The number of unbranched alkanes of at least 4 members (excludes halogenated alkanes) is 32. The van der Waals surface area contributed by atoms with Gasteiger partial charge < -0.3 is 14.2 Å². The van der Waals surface area contributed by atoms with Crippen molar-refractivity contribution in [1.82, 2.24) is 0 Å². The van der Waals surface area contributed by atoms with Crippen molar-refractivity contribution in [1.29, 1.82) is 0 Å². The van der Waals surface area contributed by atoms with E-state index in [1.165, 1.54) is 154 Å². The zero-order valence-electron chi connectivity index (χ0n) is 52.6. The summed E-state index contributed by atoms with van der Waals surface area (Å²) in [7, 11) is 0. The summed E-state index contributed by atoms with van der Waals surface area (Å²) < 4.78 is 16.9. The number of hydrogen-bond donors (Lipinski definition) is 0. The molecule has 0 aromatic carbocycles. The van der Waals surface area contributed by atoms with Crippen molar-refractivity contribution in [2.45, 2.75) is 329 Å². The Balaban J connectivity index is 4.10. The summed E-state index contributed by atoms with van der Waals surface area (Å²) in [5.74, 6) is -0.898. The maximum Gasteiger partial charge on any atom is 0.306 e. The number of esters is 3. The molecule has 0 spiro atoms. The molecular formula is C74H126O6. The highest BCUT2D eigenvalue weighted by Crippen LogP contribution is 2.17. The lowest BCUT2D eigenvalue weighted by Gasteiger charge is -2.18. The SMILES string of the molecule is CC/C=C\C/C=C\C/C=C\C/C=C\C/C=C\CCCCCCCCCCCCCCCCCCCCCC(=O)OCC(COC(=O)CCCCCCCCCCCC)OC(=O)CCCCCC/C=C\C/C=C\C/C=C\C/C=C\CC. The Morgan fingerprint density at radius 3 is 0.762 bits per heavy atom. The first-order chi connectivity index (χ1) is 39.5. The third-order valence-corrected chi connectivity index (χ3v) is 14.5. The van der Waals surface area contributed by atoms with E-state index in [9.17, 15) is 14.4 Å². The highest BCUT2D eigenvalue weighted by atomic mass is 16.6. The van der Waals surface area contributed by atoms with E-state index < -0.39 is 6.10 Å². The van der Waals surface area contributed by atoms with Crippen LogP contribution in [0.3, 0.4) is 0 Å². The molecule has 0 bridgehead atoms. The van der Waals surface area contributed by atoms with Crippen molar-refractivity contribution in [3.8, 4) is 0 Å². The molecule has 1 unspecified atom stereocenters. The van der Waals surface area contributed by atoms with Crippen LogP contribution in [0.15, 0.2) is 109 Å². The van der Waals surface area contributed by atoms with Crippen molar-refractivity contribution < 1.29 is 28.6 Å². The summed E-state index contributed by atoms with van der Waals surface area (Å²) >= 11 is 0. The van der Waals surface area contributed by atoms with Crippen LogP contribution in [0.2, 0.25) is 0 Å². The van der Waals surface area contributed by atoms with Crippen LogP contribution in [0.1, 0.15) is 323 Å². The van der Waals surface area contributed by atoms with Crippen molar-refractivity contribution >= 4 is 17.9 Å². The van der Waals surface area contributed by atoms with Crippen molar-refractivity contribution in [3.63, 3.8) is 0 Å². The molecule has 0 radical (unpaired) electrons. The molecule has 0 saturated heterocycles. The molecule has 1 atom stereocenters. The smallest absolute Gasteiger partial charge is 0.306 e. The zero-order valence-corrected chi connectivity index (χ0v) is 52.6. The van der Waals surface area contributed by atoms with Gasteiger partial charge in [0.2, 0.25) is 0 Å². The van der Waals surface area contributed by atoms with E-state index in [1.54, 1.807) is 0 Å². The average Bonchev–Trinajstić information content (AvgIpc) is 3.46. The second-order valence-corrected chi connectivity index (χ2v) is 22.3. The third-order valence-electron chi connectivity index (χ3n) is 14.5. The lowest BCUT2D eigenvalue weighted by atomic mass is 10.0. The lowest BCUT2D eigenvalue weighted by molar-refractivity contribution is -0.167. The molecule has 0 aliphatic rings. The van der Waals surface area contributed by atoms with Gasteiger partial charge in [0.1, 0.15) is 13.2 Å². The van der Waals surface area contributed by atoms with E-state index in [1.807, 2.05) is 0 Å². The summed E-state index contributed by atoms with van der Waals surface area (Å²) in [5, 5.41) is 0. The fourth-order valence-electron chi connectivity index (χ4n) is 9.52. The van der Waals surface area contributed by atoms with Crippen molar-refractivity contribution in [3.05, 3.63) is 109 Å². The fraction of sp³-hybridized carbons (Fsp3) is 0.716. The van der Waals surface area contributed by atoms with Crippen LogP contribution in [0.4, 0.5) is 0 Å². The van der Waals surface area contributed by atoms with E-state index in [-0.39, 0.29) is 31.1 Å². The Hall–Kier alpha value is -3.93. The van der Waals surface area contributed by atoms with Crippen molar-refractivity contribution in [2.75, 3.05) is 13.2 Å². The van der Waals surface area contributed by atoms with Gasteiger partial charge in [0.05, 0.1) is 0 Å². The van der Waals surface area contributed by atoms with Crippen LogP contribution >= 0.6 is 0 Å². The van der Waals surface area contributed by atoms with Gasteiger partial charge in [-0.1, -0.05) is 310 Å². The molecule has 6 heteroatoms. The summed E-state index contributed by atoms with van der Waals surface area (Å²) in [6, 6.07) is 0. The minimum Gasteiger partial charge on any atom is -0.462 e. The first kappa shape index (κ1) is 76.1. The van der Waals surface area contributed by atoms with Crippen LogP contribution in [0.5, 0.6) is 0 Å². The van der Waals surface area contributed by atoms with Gasteiger partial charge in [0, 0.05) is 19.3 Å². The van der Waals surface area contributed by atoms with Gasteiger partial charge in [-0.15, -0.1) is 0 Å². The Morgan fingerprint density at radius 2 is 0.487 bits per heavy atom. The van der Waals surface area contributed by atoms with Gasteiger partial charge in [-0.05, 0) is 103 Å². The molecule has 0 amide bonds. The molecule has 0 fully saturated rings. The van der Waals surface area contributed by atoms with Gasteiger partial charge in [0.25, 0.3) is 0 Å². The minimum absolute atomic E-state index is 0.0839. The van der Waals surface area contributed by atoms with E-state index >= 15 is 0 Å². The second kappa shape index (κ2) is 67.6. The Kier molecular flexibility index (Phi) is 64.3. The second-order valence-electron chi connectivity index (χ2n) is 22.3. The van der Waals surface area contributed by atoms with Gasteiger partial charge >= 0.3 is 17.9 Å². The van der Waals surface area contributed by atoms with E-state index in [2.05, 4.69) is 130 Å². The van der Waals surface area contributed by atoms with E-state index in [0.29, 0.717) is 19.3 Å². The summed E-state index contributed by atoms with van der Waals surface area (Å²) in [6.07, 6.45) is 92.7. The van der Waals surface area contributed by atoms with E-state index in [4.69, 9.17) is 14.2 Å². The van der Waals surface area contributed by atoms with Gasteiger partial charge in [0.15, 0.2) is 6.10 Å². The molecule has 0 heterocycles. The molecule has 0 N–H and O–H groups in total. The summed E-state index contributed by atoms with van der Waals surface area (Å²) in [5.41, 5.74) is 0. The minimum atomic E-state index is -0.788.